The van der Waals surface area contributed by atoms with Crippen LogP contribution in [-0.2, 0) is 6.54 Å². The third-order valence-corrected chi connectivity index (χ3v) is 6.89. The van der Waals surface area contributed by atoms with Crippen molar-refractivity contribution >= 4 is 52.0 Å². The molecule has 6 nitrogen and oxygen atoms in total. The largest absolute Gasteiger partial charge is 0.393 e. The zero-order valence-corrected chi connectivity index (χ0v) is 21.7. The van der Waals surface area contributed by atoms with Crippen molar-refractivity contribution in [1.29, 1.82) is 0 Å². The highest BCUT2D eigenvalue weighted by atomic mass is 127. The fourth-order valence-corrected chi connectivity index (χ4v) is 4.98. The van der Waals surface area contributed by atoms with Crippen LogP contribution in [0.1, 0.15) is 25.3 Å². The van der Waals surface area contributed by atoms with Crippen LogP contribution >= 0.6 is 35.3 Å². The number of halogens is 2. The van der Waals surface area contributed by atoms with E-state index in [9.17, 15) is 9.50 Å². The smallest absolute Gasteiger partial charge is 0.194 e. The third kappa shape index (κ3) is 6.26. The van der Waals surface area contributed by atoms with Crippen LogP contribution in [-0.4, -0.2) is 67.9 Å². The molecule has 2 fully saturated rings. The molecule has 1 aromatic heterocycles. The molecular formula is C23H33FIN5OS. The second-order valence-electron chi connectivity index (χ2n) is 8.10. The summed E-state index contributed by atoms with van der Waals surface area (Å²) in [4.78, 5) is 11.5. The van der Waals surface area contributed by atoms with Crippen LogP contribution in [0.4, 0.5) is 15.1 Å². The van der Waals surface area contributed by atoms with Crippen molar-refractivity contribution in [3.05, 3.63) is 47.1 Å². The van der Waals surface area contributed by atoms with Crippen LogP contribution in [0.2, 0.25) is 0 Å². The van der Waals surface area contributed by atoms with Crippen molar-refractivity contribution in [3.63, 3.8) is 0 Å². The number of piperidine rings is 1. The summed E-state index contributed by atoms with van der Waals surface area (Å²) in [5.74, 6) is 0.682. The summed E-state index contributed by atoms with van der Waals surface area (Å²) in [5.41, 5.74) is 1.49. The topological polar surface area (TPSA) is 54.3 Å². The number of hydrogen-bond donors (Lipinski definition) is 2. The Bertz CT molecular complexity index is 865. The van der Waals surface area contributed by atoms with Gasteiger partial charge in [0, 0.05) is 45.8 Å². The Kier molecular flexibility index (Phi) is 9.42. The Balaban J connectivity index is 0.00000289. The highest BCUT2D eigenvalue weighted by Gasteiger charge is 2.21. The molecule has 0 unspecified atom stereocenters. The number of nitrogens with zero attached hydrogens (tertiary/aromatic N) is 4. The standard InChI is InChI=1S/C23H32FN5OS.HI/c1-2-25-23(29-13-11-28(12-14-29)22-4-3-15-31-22)26-17-18-5-6-21(20(24)16-18)27-9-7-19(30)8-10-27;/h3-6,15-16,19,30H,2,7-14,17H2,1H3,(H,25,26);1H. The van der Waals surface area contributed by atoms with Crippen molar-refractivity contribution in [2.24, 2.45) is 4.99 Å². The Labute approximate surface area is 211 Å². The molecule has 4 rings (SSSR count). The molecule has 0 bridgehead atoms. The van der Waals surface area contributed by atoms with E-state index in [1.807, 2.05) is 17.0 Å². The molecule has 0 atom stereocenters. The van der Waals surface area contributed by atoms with E-state index in [-0.39, 0.29) is 35.9 Å². The number of hydrogen-bond acceptors (Lipinski definition) is 5. The first-order valence-electron chi connectivity index (χ1n) is 11.2. The summed E-state index contributed by atoms with van der Waals surface area (Å²) >= 11 is 1.78. The number of aliphatic imine (C=N–C) groups is 1. The molecule has 2 aliphatic heterocycles. The fraction of sp³-hybridized carbons (Fsp3) is 0.522. The van der Waals surface area contributed by atoms with Gasteiger partial charge in [0.2, 0.25) is 0 Å². The molecule has 0 saturated carbocycles. The van der Waals surface area contributed by atoms with Gasteiger partial charge in [-0.3, -0.25) is 0 Å². The average Bonchev–Trinajstić information content (AvgIpc) is 3.33. The second kappa shape index (κ2) is 12.0. The summed E-state index contributed by atoms with van der Waals surface area (Å²) in [5, 5.41) is 16.5. The minimum Gasteiger partial charge on any atom is -0.393 e. The van der Waals surface area contributed by atoms with Crippen LogP contribution < -0.4 is 15.1 Å². The molecular weight excluding hydrogens is 540 g/mol. The van der Waals surface area contributed by atoms with Gasteiger partial charge in [-0.05, 0) is 55.0 Å². The number of guanidine groups is 1. The number of rotatable bonds is 5. The first-order chi connectivity index (χ1) is 15.1. The summed E-state index contributed by atoms with van der Waals surface area (Å²) in [6, 6.07) is 9.68. The molecule has 176 valence electrons. The van der Waals surface area contributed by atoms with Crippen LogP contribution in [0.5, 0.6) is 0 Å². The molecule has 0 amide bonds. The lowest BCUT2D eigenvalue weighted by molar-refractivity contribution is 0.145. The fourth-order valence-electron chi connectivity index (χ4n) is 4.19. The van der Waals surface area contributed by atoms with Crippen molar-refractivity contribution < 1.29 is 9.50 Å². The highest BCUT2D eigenvalue weighted by Crippen LogP contribution is 2.25. The molecule has 1 aromatic carbocycles. The maximum atomic E-state index is 14.8. The first kappa shape index (κ1) is 25.0. The summed E-state index contributed by atoms with van der Waals surface area (Å²) in [7, 11) is 0. The van der Waals surface area contributed by atoms with Gasteiger partial charge in [0.15, 0.2) is 5.96 Å². The Morgan fingerprint density at radius 2 is 1.88 bits per heavy atom. The van der Waals surface area contributed by atoms with E-state index < -0.39 is 0 Å². The number of anilines is 2. The molecule has 32 heavy (non-hydrogen) atoms. The second-order valence-corrected chi connectivity index (χ2v) is 9.03. The van der Waals surface area contributed by atoms with E-state index in [4.69, 9.17) is 4.99 Å². The Morgan fingerprint density at radius 3 is 2.50 bits per heavy atom. The van der Waals surface area contributed by atoms with Crippen molar-refractivity contribution in [2.45, 2.75) is 32.4 Å². The number of aliphatic hydroxyl groups is 1. The summed E-state index contributed by atoms with van der Waals surface area (Å²) in [6.07, 6.45) is 1.12. The van der Waals surface area contributed by atoms with Gasteiger partial charge in [-0.15, -0.1) is 35.3 Å². The average molecular weight is 574 g/mol. The first-order valence-corrected chi connectivity index (χ1v) is 12.0. The quantitative estimate of drug-likeness (QED) is 0.325. The van der Waals surface area contributed by atoms with Crippen molar-refractivity contribution in [2.75, 3.05) is 55.6 Å². The minimum atomic E-state index is -0.260. The Hall–Kier alpha value is -1.59. The molecule has 0 aliphatic carbocycles. The van der Waals surface area contributed by atoms with E-state index in [0.717, 1.165) is 44.2 Å². The molecule has 0 spiro atoms. The number of benzene rings is 1. The monoisotopic (exact) mass is 573 g/mol. The predicted molar refractivity (Wildman–Crippen MR) is 142 cm³/mol. The molecule has 3 heterocycles. The number of nitrogens with one attached hydrogen (secondary N) is 1. The molecule has 2 aliphatic rings. The summed E-state index contributed by atoms with van der Waals surface area (Å²) in [6.45, 7) is 8.48. The predicted octanol–water partition coefficient (Wildman–Crippen LogP) is 3.75. The lowest BCUT2D eigenvalue weighted by Crippen LogP contribution is -2.52. The van der Waals surface area contributed by atoms with E-state index in [1.54, 1.807) is 17.4 Å². The van der Waals surface area contributed by atoms with E-state index in [0.29, 0.717) is 38.2 Å². The molecule has 0 radical (unpaired) electrons. The van der Waals surface area contributed by atoms with Gasteiger partial charge >= 0.3 is 0 Å². The van der Waals surface area contributed by atoms with Gasteiger partial charge in [-0.2, -0.15) is 0 Å². The number of piperazine rings is 1. The maximum absolute atomic E-state index is 14.8. The van der Waals surface area contributed by atoms with Crippen LogP contribution in [0, 0.1) is 5.82 Å². The van der Waals surface area contributed by atoms with Crippen LogP contribution in [0.25, 0.3) is 0 Å². The van der Waals surface area contributed by atoms with Gasteiger partial charge < -0.3 is 25.1 Å². The van der Waals surface area contributed by atoms with Gasteiger partial charge in [0.1, 0.15) is 5.82 Å². The van der Waals surface area contributed by atoms with Gasteiger partial charge in [0.25, 0.3) is 0 Å². The zero-order chi connectivity index (χ0) is 21.6. The Morgan fingerprint density at radius 1 is 1.12 bits per heavy atom. The van der Waals surface area contributed by atoms with Gasteiger partial charge in [-0.1, -0.05) is 6.07 Å². The SMILES string of the molecule is CCNC(=NCc1ccc(N2CCC(O)CC2)c(F)c1)N1CCN(c2cccs2)CC1.I. The lowest BCUT2D eigenvalue weighted by Gasteiger charge is -2.37. The minimum absolute atomic E-state index is 0. The molecule has 2 N–H and O–H groups in total. The van der Waals surface area contributed by atoms with Crippen molar-refractivity contribution in [1.82, 2.24) is 10.2 Å². The van der Waals surface area contributed by atoms with Gasteiger partial charge in [-0.25, -0.2) is 9.38 Å². The van der Waals surface area contributed by atoms with E-state index in [1.165, 1.54) is 5.00 Å². The zero-order valence-electron chi connectivity index (χ0n) is 18.5. The van der Waals surface area contributed by atoms with Gasteiger partial charge in [0.05, 0.1) is 23.3 Å². The normalized spacial score (nSPS) is 18.0. The molecule has 9 heteroatoms. The maximum Gasteiger partial charge on any atom is 0.194 e. The number of thiophene rings is 1. The third-order valence-electron chi connectivity index (χ3n) is 5.96. The van der Waals surface area contributed by atoms with Crippen molar-refractivity contribution in [3.8, 4) is 0 Å². The summed E-state index contributed by atoms with van der Waals surface area (Å²) < 4.78 is 14.8. The van der Waals surface area contributed by atoms with E-state index >= 15 is 0 Å². The lowest BCUT2D eigenvalue weighted by atomic mass is 10.1. The van der Waals surface area contributed by atoms with Crippen LogP contribution in [0.3, 0.4) is 0 Å². The highest BCUT2D eigenvalue weighted by molar-refractivity contribution is 14.0. The van der Waals surface area contributed by atoms with Crippen LogP contribution in [0.15, 0.2) is 40.7 Å². The molecule has 2 aromatic rings. The molecule has 2 saturated heterocycles. The number of aliphatic hydroxyl groups excluding tert-OH is 1. The van der Waals surface area contributed by atoms with E-state index in [2.05, 4.69) is 39.6 Å².